The highest BCUT2D eigenvalue weighted by atomic mass is 32.2. The first kappa shape index (κ1) is 19.7. The van der Waals surface area contributed by atoms with Crippen LogP contribution in [0.15, 0.2) is 58.3 Å². The van der Waals surface area contributed by atoms with Crippen molar-refractivity contribution in [1.29, 1.82) is 0 Å². The zero-order valence-electron chi connectivity index (χ0n) is 15.6. The monoisotopic (exact) mass is 399 g/mol. The zero-order chi connectivity index (χ0) is 19.9. The van der Waals surface area contributed by atoms with Gasteiger partial charge in [0.05, 0.1) is 18.1 Å². The highest BCUT2D eigenvalue weighted by molar-refractivity contribution is 8.00. The van der Waals surface area contributed by atoms with E-state index in [9.17, 15) is 9.59 Å². The van der Waals surface area contributed by atoms with Gasteiger partial charge in [-0.1, -0.05) is 42.1 Å². The van der Waals surface area contributed by atoms with E-state index in [0.717, 1.165) is 11.3 Å². The molecule has 0 aliphatic heterocycles. The summed E-state index contributed by atoms with van der Waals surface area (Å²) in [4.78, 5) is 23.8. The van der Waals surface area contributed by atoms with Crippen molar-refractivity contribution < 1.29 is 14.0 Å². The van der Waals surface area contributed by atoms with Crippen LogP contribution in [0.3, 0.4) is 0 Å². The molecule has 28 heavy (non-hydrogen) atoms. The summed E-state index contributed by atoms with van der Waals surface area (Å²) < 4.78 is 7.36. The lowest BCUT2D eigenvalue weighted by Crippen LogP contribution is -2.42. The molecule has 3 rings (SSSR count). The van der Waals surface area contributed by atoms with Gasteiger partial charge in [-0.2, -0.15) is 0 Å². The van der Waals surface area contributed by atoms with Crippen LogP contribution in [0, 0.1) is 0 Å². The average Bonchev–Trinajstić information content (AvgIpc) is 3.33. The second-order valence-electron chi connectivity index (χ2n) is 5.95. The number of rotatable bonds is 7. The Balaban J connectivity index is 1.83. The molecule has 0 spiro atoms. The van der Waals surface area contributed by atoms with E-state index in [1.807, 2.05) is 47.0 Å². The molecule has 0 aliphatic rings. The van der Waals surface area contributed by atoms with Gasteiger partial charge in [-0.3, -0.25) is 14.7 Å². The molecule has 3 aromatic rings. The van der Waals surface area contributed by atoms with Crippen molar-refractivity contribution in [2.24, 2.45) is 0 Å². The summed E-state index contributed by atoms with van der Waals surface area (Å²) in [5.41, 5.74) is 0.910. The Labute approximate surface area is 166 Å². The molecular weight excluding hydrogens is 378 g/mol. The van der Waals surface area contributed by atoms with Crippen molar-refractivity contribution in [1.82, 2.24) is 25.4 Å². The van der Waals surface area contributed by atoms with Gasteiger partial charge in [-0.15, -0.1) is 10.2 Å². The standard InChI is InChI=1S/C19H21N5O3S/c1-3-20-18(26)21-17(25)13(2)28-19-23-22-16(14-8-5-4-6-9-14)24(19)12-15-10-7-11-27-15/h4-11,13H,3,12H2,1-2H3,(H2,20,21,25,26)/t13-/m0/s1. The van der Waals surface area contributed by atoms with Gasteiger partial charge in [-0.25, -0.2) is 4.79 Å². The number of amides is 3. The molecule has 2 heterocycles. The second kappa shape index (κ2) is 9.23. The summed E-state index contributed by atoms with van der Waals surface area (Å²) >= 11 is 1.23. The van der Waals surface area contributed by atoms with Crippen LogP contribution in [0.25, 0.3) is 11.4 Å². The van der Waals surface area contributed by atoms with Crippen molar-refractivity contribution in [3.63, 3.8) is 0 Å². The van der Waals surface area contributed by atoms with E-state index in [1.54, 1.807) is 20.1 Å². The Kier molecular flexibility index (Phi) is 6.49. The van der Waals surface area contributed by atoms with Crippen LogP contribution in [-0.4, -0.2) is 38.5 Å². The van der Waals surface area contributed by atoms with E-state index in [1.165, 1.54) is 11.8 Å². The SMILES string of the molecule is CCNC(=O)NC(=O)[C@H](C)Sc1nnc(-c2ccccc2)n1Cc1ccco1. The third kappa shape index (κ3) is 4.80. The highest BCUT2D eigenvalue weighted by Crippen LogP contribution is 2.27. The number of thioether (sulfide) groups is 1. The van der Waals surface area contributed by atoms with Crippen LogP contribution in [0.1, 0.15) is 19.6 Å². The third-order valence-corrected chi connectivity index (χ3v) is 4.95. The van der Waals surface area contributed by atoms with E-state index in [0.29, 0.717) is 24.1 Å². The normalized spacial score (nSPS) is 11.8. The molecule has 1 aromatic carbocycles. The topological polar surface area (TPSA) is 102 Å². The number of carbonyl (C=O) groups excluding carboxylic acids is 2. The van der Waals surface area contributed by atoms with Crippen LogP contribution in [-0.2, 0) is 11.3 Å². The van der Waals surface area contributed by atoms with Crippen molar-refractivity contribution in [3.8, 4) is 11.4 Å². The predicted molar refractivity (Wildman–Crippen MR) is 106 cm³/mol. The minimum absolute atomic E-state index is 0.398. The van der Waals surface area contributed by atoms with Gasteiger partial charge in [0.2, 0.25) is 5.91 Å². The predicted octanol–water partition coefficient (Wildman–Crippen LogP) is 2.91. The number of furan rings is 1. The third-order valence-electron chi connectivity index (χ3n) is 3.87. The highest BCUT2D eigenvalue weighted by Gasteiger charge is 2.22. The van der Waals surface area contributed by atoms with Crippen molar-refractivity contribution >= 4 is 23.7 Å². The fourth-order valence-electron chi connectivity index (χ4n) is 2.51. The first-order valence-electron chi connectivity index (χ1n) is 8.84. The molecular formula is C19H21N5O3S. The number of imide groups is 1. The number of nitrogens with zero attached hydrogens (tertiary/aromatic N) is 3. The molecule has 1 atom stereocenters. The Hall–Kier alpha value is -3.07. The van der Waals surface area contributed by atoms with Gasteiger partial charge in [0, 0.05) is 12.1 Å². The van der Waals surface area contributed by atoms with Crippen LogP contribution in [0.5, 0.6) is 0 Å². The minimum atomic E-state index is -0.536. The van der Waals surface area contributed by atoms with Crippen LogP contribution in [0.4, 0.5) is 4.79 Å². The average molecular weight is 399 g/mol. The fraction of sp³-hybridized carbons (Fsp3) is 0.263. The maximum Gasteiger partial charge on any atom is 0.321 e. The summed E-state index contributed by atoms with van der Waals surface area (Å²) in [6.07, 6.45) is 1.61. The lowest BCUT2D eigenvalue weighted by atomic mass is 10.2. The van der Waals surface area contributed by atoms with Crippen LogP contribution < -0.4 is 10.6 Å². The molecule has 0 unspecified atom stereocenters. The second-order valence-corrected chi connectivity index (χ2v) is 7.25. The van der Waals surface area contributed by atoms with Crippen molar-refractivity contribution in [2.45, 2.75) is 30.8 Å². The van der Waals surface area contributed by atoms with Gasteiger partial charge >= 0.3 is 6.03 Å². The maximum absolute atomic E-state index is 12.3. The summed E-state index contributed by atoms with van der Waals surface area (Å²) in [6.45, 7) is 4.37. The van der Waals surface area contributed by atoms with E-state index >= 15 is 0 Å². The minimum Gasteiger partial charge on any atom is -0.467 e. The molecule has 2 aromatic heterocycles. The molecule has 3 amide bonds. The van der Waals surface area contributed by atoms with E-state index in [2.05, 4.69) is 20.8 Å². The molecule has 0 bridgehead atoms. The Morgan fingerprint density at radius 1 is 1.18 bits per heavy atom. The number of carbonyl (C=O) groups is 2. The molecule has 0 saturated carbocycles. The van der Waals surface area contributed by atoms with Gasteiger partial charge < -0.3 is 9.73 Å². The van der Waals surface area contributed by atoms with E-state index in [-0.39, 0.29) is 0 Å². The Bertz CT molecular complexity index is 924. The Morgan fingerprint density at radius 3 is 2.64 bits per heavy atom. The summed E-state index contributed by atoms with van der Waals surface area (Å²) in [7, 11) is 0. The smallest absolute Gasteiger partial charge is 0.321 e. The first-order chi connectivity index (χ1) is 13.6. The van der Waals surface area contributed by atoms with Crippen LogP contribution >= 0.6 is 11.8 Å². The number of aromatic nitrogens is 3. The number of benzene rings is 1. The maximum atomic E-state index is 12.3. The molecule has 8 nitrogen and oxygen atoms in total. The van der Waals surface area contributed by atoms with Crippen LogP contribution in [0.2, 0.25) is 0 Å². The van der Waals surface area contributed by atoms with E-state index in [4.69, 9.17) is 4.42 Å². The first-order valence-corrected chi connectivity index (χ1v) is 9.72. The molecule has 2 N–H and O–H groups in total. The summed E-state index contributed by atoms with van der Waals surface area (Å²) in [6, 6.07) is 12.9. The van der Waals surface area contributed by atoms with Gasteiger partial charge in [0.15, 0.2) is 11.0 Å². The van der Waals surface area contributed by atoms with Gasteiger partial charge in [0.25, 0.3) is 0 Å². The van der Waals surface area contributed by atoms with E-state index < -0.39 is 17.2 Å². The molecule has 146 valence electrons. The number of nitrogens with one attached hydrogen (secondary N) is 2. The largest absolute Gasteiger partial charge is 0.467 e. The van der Waals surface area contributed by atoms with Crippen molar-refractivity contribution in [2.75, 3.05) is 6.54 Å². The lowest BCUT2D eigenvalue weighted by molar-refractivity contribution is -0.119. The fourth-order valence-corrected chi connectivity index (χ4v) is 3.36. The molecule has 9 heteroatoms. The summed E-state index contributed by atoms with van der Waals surface area (Å²) in [5.74, 6) is 1.03. The zero-order valence-corrected chi connectivity index (χ0v) is 16.4. The molecule has 0 saturated heterocycles. The molecule has 0 aliphatic carbocycles. The number of hydrogen-bond donors (Lipinski definition) is 2. The van der Waals surface area contributed by atoms with Gasteiger partial charge in [0.1, 0.15) is 5.76 Å². The van der Waals surface area contributed by atoms with Crippen molar-refractivity contribution in [3.05, 3.63) is 54.5 Å². The Morgan fingerprint density at radius 2 is 1.96 bits per heavy atom. The summed E-state index contributed by atoms with van der Waals surface area (Å²) in [5, 5.41) is 13.5. The number of hydrogen-bond acceptors (Lipinski definition) is 6. The molecule has 0 fully saturated rings. The van der Waals surface area contributed by atoms with Gasteiger partial charge in [-0.05, 0) is 26.0 Å². The lowest BCUT2D eigenvalue weighted by Gasteiger charge is -2.13. The quantitative estimate of drug-likeness (QED) is 0.592. The molecule has 0 radical (unpaired) electrons. The number of urea groups is 1.